The van der Waals surface area contributed by atoms with E-state index in [1.807, 2.05) is 0 Å². The summed E-state index contributed by atoms with van der Waals surface area (Å²) in [6, 6.07) is 0. The van der Waals surface area contributed by atoms with Crippen LogP contribution in [0.1, 0.15) is 45.4 Å². The smallest absolute Gasteiger partial charge is 0.0348 e. The van der Waals surface area contributed by atoms with Crippen molar-refractivity contribution in [1.82, 2.24) is 0 Å². The van der Waals surface area contributed by atoms with Gasteiger partial charge in [0.1, 0.15) is 0 Å². The molecule has 0 fully saturated rings. The SMILES string of the molecule is [CH2]CCCCCC=CC=CCC. The highest BCUT2D eigenvalue weighted by Gasteiger charge is 1.82. The molecule has 0 spiro atoms. The molecule has 12 heavy (non-hydrogen) atoms. The second kappa shape index (κ2) is 10.5. The number of allylic oxidation sites excluding steroid dienone is 4. The van der Waals surface area contributed by atoms with Crippen molar-refractivity contribution in [2.24, 2.45) is 0 Å². The zero-order chi connectivity index (χ0) is 9.07. The summed E-state index contributed by atoms with van der Waals surface area (Å²) in [7, 11) is 0. The van der Waals surface area contributed by atoms with Crippen LogP contribution in [0.15, 0.2) is 24.3 Å². The number of rotatable bonds is 7. The van der Waals surface area contributed by atoms with Gasteiger partial charge < -0.3 is 0 Å². The fourth-order valence-corrected chi connectivity index (χ4v) is 1.01. The van der Waals surface area contributed by atoms with E-state index >= 15 is 0 Å². The average Bonchev–Trinajstić information content (AvgIpc) is 2.10. The predicted molar refractivity (Wildman–Crippen MR) is 57.0 cm³/mol. The van der Waals surface area contributed by atoms with Crippen molar-refractivity contribution in [2.75, 3.05) is 0 Å². The van der Waals surface area contributed by atoms with E-state index in [0.29, 0.717) is 0 Å². The molecule has 0 aliphatic rings. The third-order valence-electron chi connectivity index (χ3n) is 1.74. The van der Waals surface area contributed by atoms with Gasteiger partial charge in [-0.1, -0.05) is 57.4 Å². The van der Waals surface area contributed by atoms with E-state index < -0.39 is 0 Å². The maximum atomic E-state index is 3.81. The largest absolute Gasteiger partial charge is 0.0848 e. The van der Waals surface area contributed by atoms with Gasteiger partial charge in [0.25, 0.3) is 0 Å². The highest BCUT2D eigenvalue weighted by atomic mass is 13.9. The second-order valence-electron chi connectivity index (χ2n) is 2.97. The van der Waals surface area contributed by atoms with Gasteiger partial charge in [-0.25, -0.2) is 0 Å². The van der Waals surface area contributed by atoms with E-state index in [4.69, 9.17) is 0 Å². The van der Waals surface area contributed by atoms with E-state index in [9.17, 15) is 0 Å². The summed E-state index contributed by atoms with van der Waals surface area (Å²) in [5.41, 5.74) is 0. The van der Waals surface area contributed by atoms with E-state index in [0.717, 1.165) is 12.8 Å². The normalized spacial score (nSPS) is 11.8. The van der Waals surface area contributed by atoms with E-state index in [1.165, 1.54) is 25.7 Å². The predicted octanol–water partition coefficient (Wildman–Crippen LogP) is 4.29. The second-order valence-corrected chi connectivity index (χ2v) is 2.97. The third kappa shape index (κ3) is 9.48. The van der Waals surface area contributed by atoms with Crippen molar-refractivity contribution in [2.45, 2.75) is 45.4 Å². The highest BCUT2D eigenvalue weighted by Crippen LogP contribution is 2.02. The Labute approximate surface area is 77.4 Å². The Bertz CT molecular complexity index is 120. The third-order valence-corrected chi connectivity index (χ3v) is 1.74. The maximum absolute atomic E-state index is 3.81. The van der Waals surface area contributed by atoms with Crippen LogP contribution < -0.4 is 0 Å². The van der Waals surface area contributed by atoms with Crippen molar-refractivity contribution in [3.05, 3.63) is 31.2 Å². The molecule has 0 saturated carbocycles. The van der Waals surface area contributed by atoms with E-state index in [-0.39, 0.29) is 0 Å². The molecule has 0 nitrogen and oxygen atoms in total. The van der Waals surface area contributed by atoms with Gasteiger partial charge in [-0.15, -0.1) is 0 Å². The Kier molecular flexibility index (Phi) is 10.0. The molecule has 0 N–H and O–H groups in total. The molecule has 0 unspecified atom stereocenters. The molecular formula is C12H21. The zero-order valence-corrected chi connectivity index (χ0v) is 8.26. The van der Waals surface area contributed by atoms with Gasteiger partial charge in [0, 0.05) is 0 Å². The average molecular weight is 165 g/mol. The summed E-state index contributed by atoms with van der Waals surface area (Å²) in [6.07, 6.45) is 16.0. The summed E-state index contributed by atoms with van der Waals surface area (Å²) in [5, 5.41) is 0. The molecule has 0 saturated heterocycles. The van der Waals surface area contributed by atoms with Crippen LogP contribution in [-0.2, 0) is 0 Å². The van der Waals surface area contributed by atoms with Crippen LogP contribution in [0.5, 0.6) is 0 Å². The van der Waals surface area contributed by atoms with Crippen LogP contribution in [0, 0.1) is 6.92 Å². The van der Waals surface area contributed by atoms with Crippen molar-refractivity contribution in [1.29, 1.82) is 0 Å². The molecule has 0 aromatic heterocycles. The first-order valence-corrected chi connectivity index (χ1v) is 5.02. The van der Waals surface area contributed by atoms with Crippen LogP contribution in [0.3, 0.4) is 0 Å². The summed E-state index contributed by atoms with van der Waals surface area (Å²) < 4.78 is 0. The van der Waals surface area contributed by atoms with Crippen molar-refractivity contribution < 1.29 is 0 Å². The minimum Gasteiger partial charge on any atom is -0.0848 e. The summed E-state index contributed by atoms with van der Waals surface area (Å²) >= 11 is 0. The first-order chi connectivity index (χ1) is 5.91. The lowest BCUT2D eigenvalue weighted by Crippen LogP contribution is -1.73. The monoisotopic (exact) mass is 165 g/mol. The molecule has 0 aromatic carbocycles. The molecule has 0 aromatic rings. The van der Waals surface area contributed by atoms with Gasteiger partial charge in [-0.2, -0.15) is 0 Å². The van der Waals surface area contributed by atoms with Crippen LogP contribution in [0.25, 0.3) is 0 Å². The maximum Gasteiger partial charge on any atom is -0.0348 e. The Morgan fingerprint density at radius 2 is 1.75 bits per heavy atom. The van der Waals surface area contributed by atoms with Gasteiger partial charge in [0.05, 0.1) is 0 Å². The van der Waals surface area contributed by atoms with Crippen LogP contribution in [-0.4, -0.2) is 0 Å². The van der Waals surface area contributed by atoms with Gasteiger partial charge >= 0.3 is 0 Å². The molecule has 0 aliphatic carbocycles. The lowest BCUT2D eigenvalue weighted by atomic mass is 10.1. The standard InChI is InChI=1S/C12H21/c1-3-5-7-9-11-12-10-8-6-4-2/h6,8,10,12H,1,3-5,7,9,11H2,2H3. The Hall–Kier alpha value is -0.520. The van der Waals surface area contributed by atoms with Crippen LogP contribution >= 0.6 is 0 Å². The van der Waals surface area contributed by atoms with E-state index in [2.05, 4.69) is 38.2 Å². The van der Waals surface area contributed by atoms with Gasteiger partial charge in [-0.05, 0) is 19.3 Å². The molecule has 0 rings (SSSR count). The quantitative estimate of drug-likeness (QED) is 0.390. The Morgan fingerprint density at radius 1 is 1.00 bits per heavy atom. The van der Waals surface area contributed by atoms with Gasteiger partial charge in [0.15, 0.2) is 0 Å². The first kappa shape index (κ1) is 11.5. The fourth-order valence-electron chi connectivity index (χ4n) is 1.01. The molecule has 0 bridgehead atoms. The van der Waals surface area contributed by atoms with Crippen LogP contribution in [0.2, 0.25) is 0 Å². The Morgan fingerprint density at radius 3 is 2.42 bits per heavy atom. The highest BCUT2D eigenvalue weighted by molar-refractivity contribution is 5.01. The number of hydrogen-bond donors (Lipinski definition) is 0. The molecule has 69 valence electrons. The fraction of sp³-hybridized carbons (Fsp3) is 0.583. The minimum absolute atomic E-state index is 1.08. The molecule has 0 aliphatic heterocycles. The summed E-state index contributed by atoms with van der Waals surface area (Å²) in [5.74, 6) is 0. The number of unbranched alkanes of at least 4 members (excludes halogenated alkanes) is 4. The van der Waals surface area contributed by atoms with Crippen molar-refractivity contribution in [3.8, 4) is 0 Å². The Balaban J connectivity index is 3.07. The van der Waals surface area contributed by atoms with Crippen molar-refractivity contribution in [3.63, 3.8) is 0 Å². The zero-order valence-electron chi connectivity index (χ0n) is 8.26. The summed E-state index contributed by atoms with van der Waals surface area (Å²) in [4.78, 5) is 0. The molecular weight excluding hydrogens is 144 g/mol. The first-order valence-electron chi connectivity index (χ1n) is 5.02. The number of hydrogen-bond acceptors (Lipinski definition) is 0. The molecule has 0 heteroatoms. The molecule has 0 amide bonds. The molecule has 0 heterocycles. The molecule has 1 radical (unpaired) electrons. The topological polar surface area (TPSA) is 0 Å². The summed E-state index contributed by atoms with van der Waals surface area (Å²) in [6.45, 7) is 5.97. The molecule has 0 atom stereocenters. The van der Waals surface area contributed by atoms with Crippen LogP contribution in [0.4, 0.5) is 0 Å². The lowest BCUT2D eigenvalue weighted by Gasteiger charge is -1.92. The van der Waals surface area contributed by atoms with Gasteiger partial charge in [-0.3, -0.25) is 0 Å². The minimum atomic E-state index is 1.08. The lowest BCUT2D eigenvalue weighted by molar-refractivity contribution is 0.695. The van der Waals surface area contributed by atoms with Crippen molar-refractivity contribution >= 4 is 0 Å². The van der Waals surface area contributed by atoms with E-state index in [1.54, 1.807) is 0 Å². The van der Waals surface area contributed by atoms with Gasteiger partial charge in [0.2, 0.25) is 0 Å².